The molecule has 90 heavy (non-hydrogen) atoms. The van der Waals surface area contributed by atoms with E-state index in [1.807, 2.05) is 134 Å². The predicted octanol–water partition coefficient (Wildman–Crippen LogP) is 20.6. The molecule has 0 saturated heterocycles. The van der Waals surface area contributed by atoms with Crippen LogP contribution in [0, 0.1) is 23.0 Å². The fraction of sp³-hybridized carbons (Fsp3) is 0. The number of nitrogens with zero attached hydrogens (tertiary/aromatic N) is 7. The number of aromatic nitrogens is 6. The quantitative estimate of drug-likeness (QED) is 0.129. The Balaban J connectivity index is 0.930. The van der Waals surface area contributed by atoms with Crippen molar-refractivity contribution in [3.8, 4) is 118 Å². The maximum absolute atomic E-state index is 16.0. The van der Waals surface area contributed by atoms with Crippen LogP contribution in [0.15, 0.2) is 298 Å². The minimum atomic E-state index is -0.729. The Morgan fingerprint density at radius 3 is 0.878 bits per heavy atom. The first-order valence-corrected chi connectivity index (χ1v) is 29.6. The lowest BCUT2D eigenvalue weighted by Gasteiger charge is -2.19. The van der Waals surface area contributed by atoms with E-state index in [1.54, 1.807) is 0 Å². The van der Waals surface area contributed by atoms with E-state index >= 15 is 8.78 Å². The van der Waals surface area contributed by atoms with Gasteiger partial charge in [-0.1, -0.05) is 146 Å². The summed E-state index contributed by atoms with van der Waals surface area (Å²) in [6.45, 7) is 0. The van der Waals surface area contributed by atoms with Gasteiger partial charge in [0, 0.05) is 80.2 Å². The molecule has 16 rings (SSSR count). The van der Waals surface area contributed by atoms with Gasteiger partial charge in [-0.05, 0) is 171 Å². The van der Waals surface area contributed by atoms with Crippen molar-refractivity contribution in [3.63, 3.8) is 0 Å². The summed E-state index contributed by atoms with van der Waals surface area (Å²) in [7, 11) is 0. The third-order valence-corrected chi connectivity index (χ3v) is 17.1. The van der Waals surface area contributed by atoms with E-state index in [-0.39, 0.29) is 0 Å². The molecule has 0 aliphatic heterocycles. The second-order valence-electron chi connectivity index (χ2n) is 22.4. The smallest absolute Gasteiger partial charge is 0.126 e. The van der Waals surface area contributed by atoms with Crippen molar-refractivity contribution in [3.05, 3.63) is 315 Å². The minimum absolute atomic E-state index is 0.302. The summed E-state index contributed by atoms with van der Waals surface area (Å²) in [5.41, 5.74) is 20.9. The molecule has 10 aromatic carbocycles. The third kappa shape index (κ3) is 9.62. The van der Waals surface area contributed by atoms with Gasteiger partial charge in [0.2, 0.25) is 0 Å². The molecule has 422 valence electrons. The highest BCUT2D eigenvalue weighted by Crippen LogP contribution is 2.45. The Morgan fingerprint density at radius 1 is 0.267 bits per heavy atom. The van der Waals surface area contributed by atoms with Gasteiger partial charge < -0.3 is 9.13 Å². The van der Waals surface area contributed by atoms with Crippen LogP contribution in [-0.4, -0.2) is 29.1 Å². The Kier molecular flexibility index (Phi) is 13.2. The number of rotatable bonds is 11. The molecular weight excluding hydrogens is 1110 g/mol. The van der Waals surface area contributed by atoms with Gasteiger partial charge in [-0.25, -0.2) is 8.78 Å². The standard InChI is InChI=1S/C81H49F2N7/c82-65-37-63(38-66(83)48-65)67-49-80(89-76-25-21-55(59-29-33-85-72(43-59)51-13-5-1-6-14-51)39-68(76)69-40-56(22-26-77(69)89)60-30-34-86-73(44-60)52-15-7-2-8-16-52)64(50-84)47-81(67)90-78-27-23-57(61-31-35-87-74(45-61)53-17-9-3-10-18-53)41-70(78)71-42-58(24-28-79(71)90)62-32-36-88-75(46-62)54-19-11-4-12-20-54/h1-49H. The second-order valence-corrected chi connectivity index (χ2v) is 22.4. The molecule has 7 nitrogen and oxygen atoms in total. The molecule has 6 heterocycles. The van der Waals surface area contributed by atoms with E-state index in [0.29, 0.717) is 28.1 Å². The van der Waals surface area contributed by atoms with Gasteiger partial charge in [0.1, 0.15) is 17.7 Å². The van der Waals surface area contributed by atoms with Crippen LogP contribution in [0.4, 0.5) is 8.78 Å². The molecule has 16 aromatic rings. The maximum atomic E-state index is 16.0. The Morgan fingerprint density at radius 2 is 0.567 bits per heavy atom. The number of nitriles is 1. The van der Waals surface area contributed by atoms with E-state index in [2.05, 4.69) is 161 Å². The summed E-state index contributed by atoms with van der Waals surface area (Å²) in [6, 6.07) is 92.7. The van der Waals surface area contributed by atoms with Gasteiger partial charge in [0.05, 0.1) is 61.8 Å². The SMILES string of the molecule is N#Cc1cc(-n2c3ccc(-c4ccnc(-c5ccccc5)c4)cc3c3cc(-c4ccnc(-c5ccccc5)c4)ccc32)c(-c2cc(F)cc(F)c2)cc1-n1c2ccc(-c3ccnc(-c4ccccc4)c3)cc2c2cc(-c3ccnc(-c4ccccc4)c3)ccc21. The zero-order valence-electron chi connectivity index (χ0n) is 48.2. The van der Waals surface area contributed by atoms with Crippen molar-refractivity contribution in [2.45, 2.75) is 0 Å². The summed E-state index contributed by atoms with van der Waals surface area (Å²) in [5, 5.41) is 15.5. The average molecular weight is 1160 g/mol. The van der Waals surface area contributed by atoms with Crippen LogP contribution in [0.25, 0.3) is 156 Å². The van der Waals surface area contributed by atoms with Crippen molar-refractivity contribution in [2.24, 2.45) is 0 Å². The lowest BCUT2D eigenvalue weighted by Crippen LogP contribution is -2.04. The van der Waals surface area contributed by atoms with Gasteiger partial charge >= 0.3 is 0 Å². The number of halogens is 2. The van der Waals surface area contributed by atoms with E-state index in [9.17, 15) is 5.26 Å². The molecule has 0 saturated carbocycles. The van der Waals surface area contributed by atoms with Crippen molar-refractivity contribution in [1.29, 1.82) is 5.26 Å². The third-order valence-electron chi connectivity index (χ3n) is 17.1. The fourth-order valence-electron chi connectivity index (χ4n) is 12.8. The van der Waals surface area contributed by atoms with Crippen LogP contribution in [0.1, 0.15) is 5.56 Å². The zero-order chi connectivity index (χ0) is 60.2. The normalized spacial score (nSPS) is 11.4. The van der Waals surface area contributed by atoms with E-state index in [0.717, 1.165) is 139 Å². The van der Waals surface area contributed by atoms with Crippen LogP contribution in [0.2, 0.25) is 0 Å². The molecule has 0 spiro atoms. The monoisotopic (exact) mass is 1160 g/mol. The number of hydrogen-bond acceptors (Lipinski definition) is 5. The molecule has 0 atom stereocenters. The molecular formula is C81H49F2N7. The van der Waals surface area contributed by atoms with Gasteiger partial charge in [0.15, 0.2) is 0 Å². The summed E-state index contributed by atoms with van der Waals surface area (Å²) in [4.78, 5) is 19.0. The Bertz CT molecular complexity index is 5220. The minimum Gasteiger partial charge on any atom is -0.309 e. The number of pyridine rings is 4. The van der Waals surface area contributed by atoms with Gasteiger partial charge in [-0.2, -0.15) is 5.26 Å². The second kappa shape index (κ2) is 22.2. The van der Waals surface area contributed by atoms with Crippen molar-refractivity contribution >= 4 is 43.6 Å². The summed E-state index contributed by atoms with van der Waals surface area (Å²) >= 11 is 0. The molecule has 0 bridgehead atoms. The first-order valence-electron chi connectivity index (χ1n) is 29.6. The van der Waals surface area contributed by atoms with Crippen LogP contribution >= 0.6 is 0 Å². The molecule has 0 amide bonds. The molecule has 0 aliphatic carbocycles. The lowest BCUT2D eigenvalue weighted by atomic mass is 9.98. The summed E-state index contributed by atoms with van der Waals surface area (Å²) < 4.78 is 36.2. The molecule has 9 heteroatoms. The van der Waals surface area contributed by atoms with E-state index in [4.69, 9.17) is 19.9 Å². The van der Waals surface area contributed by atoms with Crippen LogP contribution in [0.5, 0.6) is 0 Å². The first kappa shape index (κ1) is 53.2. The molecule has 0 radical (unpaired) electrons. The highest BCUT2D eigenvalue weighted by Gasteiger charge is 2.24. The van der Waals surface area contributed by atoms with Crippen molar-refractivity contribution in [2.75, 3.05) is 0 Å². The van der Waals surface area contributed by atoms with Gasteiger partial charge in [-0.3, -0.25) is 19.9 Å². The maximum Gasteiger partial charge on any atom is 0.126 e. The predicted molar refractivity (Wildman–Crippen MR) is 360 cm³/mol. The summed E-state index contributed by atoms with van der Waals surface area (Å²) in [5.74, 6) is -1.46. The van der Waals surface area contributed by atoms with Crippen LogP contribution in [0.3, 0.4) is 0 Å². The number of fused-ring (bicyclic) bond motifs is 6. The molecule has 0 unspecified atom stereocenters. The highest BCUT2D eigenvalue weighted by molar-refractivity contribution is 6.14. The Hall–Kier alpha value is -12.3. The van der Waals surface area contributed by atoms with Crippen LogP contribution in [-0.2, 0) is 0 Å². The Labute approximate surface area is 517 Å². The van der Waals surface area contributed by atoms with E-state index in [1.165, 1.54) is 12.1 Å². The number of benzene rings is 10. The van der Waals surface area contributed by atoms with E-state index < -0.39 is 11.6 Å². The topological polar surface area (TPSA) is 85.2 Å². The highest BCUT2D eigenvalue weighted by atomic mass is 19.1. The van der Waals surface area contributed by atoms with Crippen molar-refractivity contribution in [1.82, 2.24) is 29.1 Å². The zero-order valence-corrected chi connectivity index (χ0v) is 48.2. The van der Waals surface area contributed by atoms with Gasteiger partial charge in [-0.15, -0.1) is 0 Å². The molecule has 6 aromatic heterocycles. The molecule has 0 N–H and O–H groups in total. The fourth-order valence-corrected chi connectivity index (χ4v) is 12.8. The first-order chi connectivity index (χ1) is 44.3. The molecule has 0 aliphatic rings. The van der Waals surface area contributed by atoms with Gasteiger partial charge in [0.25, 0.3) is 0 Å². The molecule has 0 fully saturated rings. The lowest BCUT2D eigenvalue weighted by molar-refractivity contribution is 0.584. The summed E-state index contributed by atoms with van der Waals surface area (Å²) in [6.07, 6.45) is 7.36. The average Bonchev–Trinajstić information content (AvgIpc) is 1.72. The van der Waals surface area contributed by atoms with Crippen molar-refractivity contribution < 1.29 is 8.78 Å². The van der Waals surface area contributed by atoms with Crippen LogP contribution < -0.4 is 0 Å². The number of hydrogen-bond donors (Lipinski definition) is 0. The largest absolute Gasteiger partial charge is 0.309 e.